The third kappa shape index (κ3) is 2.28. The minimum Gasteiger partial charge on any atom is -0.505 e. The Hall–Kier alpha value is -0.420. The minimum absolute atomic E-state index is 0.137. The van der Waals surface area contributed by atoms with E-state index in [-0.39, 0.29) is 21.7 Å². The van der Waals surface area contributed by atoms with Gasteiger partial charge in [0.05, 0.1) is 5.69 Å². The van der Waals surface area contributed by atoms with Crippen LogP contribution in [0.25, 0.3) is 0 Å². The number of halogens is 4. The van der Waals surface area contributed by atoms with Crippen molar-refractivity contribution < 1.29 is 13.9 Å². The highest BCUT2D eigenvalue weighted by Crippen LogP contribution is 2.30. The number of nitrogens with zero attached hydrogens (tertiary/aromatic N) is 1. The van der Waals surface area contributed by atoms with Crippen LogP contribution in [-0.4, -0.2) is 10.1 Å². The van der Waals surface area contributed by atoms with E-state index in [4.69, 9.17) is 16.7 Å². The predicted octanol–water partition coefficient (Wildman–Crippen LogP) is 3.27. The van der Waals surface area contributed by atoms with Crippen molar-refractivity contribution in [2.24, 2.45) is 0 Å². The van der Waals surface area contributed by atoms with Gasteiger partial charge < -0.3 is 5.11 Å². The summed E-state index contributed by atoms with van der Waals surface area (Å²) in [5, 5.41) is 9.03. The van der Waals surface area contributed by atoms with E-state index in [1.807, 2.05) is 0 Å². The summed E-state index contributed by atoms with van der Waals surface area (Å²) in [4.78, 5) is 3.60. The van der Waals surface area contributed by atoms with Crippen molar-refractivity contribution in [3.63, 3.8) is 0 Å². The summed E-state index contributed by atoms with van der Waals surface area (Å²) >= 11 is 8.44. The van der Waals surface area contributed by atoms with Crippen molar-refractivity contribution in [2.75, 3.05) is 0 Å². The Kier molecular flexibility index (Phi) is 3.44. The highest BCUT2D eigenvalue weighted by Gasteiger charge is 2.16. The number of pyridine rings is 1. The summed E-state index contributed by atoms with van der Waals surface area (Å²) < 4.78 is 24.6. The molecule has 1 rings (SSSR count). The fraction of sp³-hybridized carbons (Fsp3) is 0.286. The monoisotopic (exact) mass is 271 g/mol. The second kappa shape index (κ2) is 4.19. The zero-order valence-electron chi connectivity index (χ0n) is 6.27. The summed E-state index contributed by atoms with van der Waals surface area (Å²) in [7, 11) is 0. The summed E-state index contributed by atoms with van der Waals surface area (Å²) in [6, 6.07) is 0.927. The van der Waals surface area contributed by atoms with Crippen molar-refractivity contribution in [1.82, 2.24) is 4.98 Å². The van der Waals surface area contributed by atoms with Gasteiger partial charge in [0.25, 0.3) is 6.43 Å². The van der Waals surface area contributed by atoms with Crippen molar-refractivity contribution >= 4 is 27.5 Å². The first-order chi connectivity index (χ1) is 6.06. The molecule has 0 spiro atoms. The second-order valence-electron chi connectivity index (χ2n) is 2.27. The van der Waals surface area contributed by atoms with E-state index < -0.39 is 12.2 Å². The fourth-order valence-corrected chi connectivity index (χ4v) is 1.43. The topological polar surface area (TPSA) is 33.1 Å². The first kappa shape index (κ1) is 10.7. The highest BCUT2D eigenvalue weighted by molar-refractivity contribution is 9.08. The minimum atomic E-state index is -2.66. The molecule has 0 radical (unpaired) electrons. The SMILES string of the molecule is Oc1cc(C(F)F)c(CBr)nc1Cl. The summed E-state index contributed by atoms with van der Waals surface area (Å²) in [5.41, 5.74) is -0.170. The first-order valence-electron chi connectivity index (χ1n) is 3.28. The molecule has 0 fully saturated rings. The molecule has 0 aliphatic heterocycles. The summed E-state index contributed by atoms with van der Waals surface area (Å²) in [5.74, 6) is -0.429. The Morgan fingerprint density at radius 3 is 2.69 bits per heavy atom. The van der Waals surface area contributed by atoms with E-state index in [0.717, 1.165) is 6.07 Å². The van der Waals surface area contributed by atoms with Gasteiger partial charge in [0.2, 0.25) is 0 Å². The summed E-state index contributed by atoms with van der Waals surface area (Å²) in [6.45, 7) is 0. The quantitative estimate of drug-likeness (QED) is 0.662. The van der Waals surface area contributed by atoms with Gasteiger partial charge in [0, 0.05) is 10.9 Å². The van der Waals surface area contributed by atoms with E-state index in [1.165, 1.54) is 0 Å². The lowest BCUT2D eigenvalue weighted by molar-refractivity contribution is 0.149. The van der Waals surface area contributed by atoms with Crippen LogP contribution in [0.15, 0.2) is 6.07 Å². The number of aromatic nitrogens is 1. The van der Waals surface area contributed by atoms with Crippen molar-refractivity contribution in [2.45, 2.75) is 11.8 Å². The molecule has 1 aromatic rings. The Balaban J connectivity index is 3.25. The van der Waals surface area contributed by atoms with Crippen LogP contribution in [0.1, 0.15) is 17.7 Å². The van der Waals surface area contributed by atoms with Crippen molar-refractivity contribution in [3.8, 4) is 5.75 Å². The fourth-order valence-electron chi connectivity index (χ4n) is 0.826. The smallest absolute Gasteiger partial charge is 0.265 e. The lowest BCUT2D eigenvalue weighted by atomic mass is 10.2. The molecule has 1 aromatic heterocycles. The number of rotatable bonds is 2. The standard InChI is InChI=1S/C7H5BrClF2NO/c8-2-4-3(7(10)11)1-5(13)6(9)12-4/h1,7,13H,2H2. The van der Waals surface area contributed by atoms with Crippen LogP contribution in [-0.2, 0) is 5.33 Å². The molecule has 6 heteroatoms. The van der Waals surface area contributed by atoms with Gasteiger partial charge in [-0.05, 0) is 6.07 Å². The van der Waals surface area contributed by atoms with E-state index in [1.54, 1.807) is 0 Å². The van der Waals surface area contributed by atoms with E-state index in [0.29, 0.717) is 0 Å². The lowest BCUT2D eigenvalue weighted by Gasteiger charge is -2.06. The van der Waals surface area contributed by atoms with Gasteiger partial charge >= 0.3 is 0 Å². The maximum absolute atomic E-state index is 12.3. The molecule has 0 bridgehead atoms. The molecule has 0 aliphatic carbocycles. The average molecular weight is 272 g/mol. The molecular formula is C7H5BrClF2NO. The van der Waals surface area contributed by atoms with Crippen LogP contribution < -0.4 is 0 Å². The van der Waals surface area contributed by atoms with Crippen LogP contribution in [0.2, 0.25) is 5.15 Å². The molecule has 0 atom stereocenters. The van der Waals surface area contributed by atoms with Crippen LogP contribution >= 0.6 is 27.5 Å². The third-order valence-electron chi connectivity index (χ3n) is 1.43. The van der Waals surface area contributed by atoms with Gasteiger partial charge in [0.1, 0.15) is 0 Å². The molecule has 0 saturated carbocycles. The third-order valence-corrected chi connectivity index (χ3v) is 2.24. The Morgan fingerprint density at radius 1 is 1.62 bits per heavy atom. The molecule has 0 aromatic carbocycles. The van der Waals surface area contributed by atoms with E-state index in [2.05, 4.69) is 20.9 Å². The largest absolute Gasteiger partial charge is 0.505 e. The average Bonchev–Trinajstić information content (AvgIpc) is 2.08. The van der Waals surface area contributed by atoms with Gasteiger partial charge in [-0.3, -0.25) is 0 Å². The van der Waals surface area contributed by atoms with Crippen molar-refractivity contribution in [3.05, 3.63) is 22.5 Å². The van der Waals surface area contributed by atoms with Gasteiger partial charge in [0.15, 0.2) is 10.9 Å². The second-order valence-corrected chi connectivity index (χ2v) is 3.19. The van der Waals surface area contributed by atoms with Crippen LogP contribution in [0.4, 0.5) is 8.78 Å². The molecule has 0 saturated heterocycles. The van der Waals surface area contributed by atoms with Crippen molar-refractivity contribution in [1.29, 1.82) is 0 Å². The van der Waals surface area contributed by atoms with Gasteiger partial charge in [-0.15, -0.1) is 0 Å². The lowest BCUT2D eigenvalue weighted by Crippen LogP contribution is -1.96. The number of hydrogen-bond acceptors (Lipinski definition) is 2. The van der Waals surface area contributed by atoms with Gasteiger partial charge in [-0.25, -0.2) is 13.8 Å². The Bertz CT molecular complexity index is 322. The maximum atomic E-state index is 12.3. The molecule has 72 valence electrons. The molecule has 13 heavy (non-hydrogen) atoms. The Labute approximate surface area is 86.7 Å². The van der Waals surface area contributed by atoms with E-state index >= 15 is 0 Å². The zero-order valence-corrected chi connectivity index (χ0v) is 8.61. The van der Waals surface area contributed by atoms with Crippen LogP contribution in [0.5, 0.6) is 5.75 Å². The molecule has 1 N–H and O–H groups in total. The molecule has 1 heterocycles. The van der Waals surface area contributed by atoms with Gasteiger partial charge in [-0.2, -0.15) is 0 Å². The number of hydrogen-bond donors (Lipinski definition) is 1. The maximum Gasteiger partial charge on any atom is 0.265 e. The molecular weight excluding hydrogens is 267 g/mol. The van der Waals surface area contributed by atoms with Crippen LogP contribution in [0, 0.1) is 0 Å². The van der Waals surface area contributed by atoms with Gasteiger partial charge in [-0.1, -0.05) is 27.5 Å². The summed E-state index contributed by atoms with van der Waals surface area (Å²) in [6.07, 6.45) is -2.66. The Morgan fingerprint density at radius 2 is 2.23 bits per heavy atom. The van der Waals surface area contributed by atoms with E-state index in [9.17, 15) is 8.78 Å². The molecule has 0 amide bonds. The van der Waals surface area contributed by atoms with Crippen LogP contribution in [0.3, 0.4) is 0 Å². The number of alkyl halides is 3. The first-order valence-corrected chi connectivity index (χ1v) is 4.78. The number of aromatic hydroxyl groups is 1. The zero-order chi connectivity index (χ0) is 10.0. The predicted molar refractivity (Wildman–Crippen MR) is 48.5 cm³/mol. The molecule has 2 nitrogen and oxygen atoms in total. The highest BCUT2D eigenvalue weighted by atomic mass is 79.9. The molecule has 0 unspecified atom stereocenters. The normalized spacial score (nSPS) is 10.8. The molecule has 0 aliphatic rings.